The van der Waals surface area contributed by atoms with Gasteiger partial charge in [0, 0.05) is 6.07 Å². The van der Waals surface area contributed by atoms with Gasteiger partial charge in [-0.15, -0.1) is 0 Å². The molecular weight excluding hydrogens is 394 g/mol. The maximum atomic E-state index is 12.7. The number of benzene rings is 1. The summed E-state index contributed by atoms with van der Waals surface area (Å²) in [5.41, 5.74) is 4.19. The molecule has 0 saturated heterocycles. The normalized spacial score (nSPS) is 15.4. The Hall–Kier alpha value is -3.15. The number of methoxy groups -OCH3 is 2. The topological polar surface area (TPSA) is 69.9 Å². The first-order valence-electron chi connectivity index (χ1n) is 10.4. The lowest BCUT2D eigenvalue weighted by Gasteiger charge is -2.33. The third-order valence-corrected chi connectivity index (χ3v) is 5.82. The van der Waals surface area contributed by atoms with Crippen LogP contribution in [-0.4, -0.2) is 20.1 Å². The predicted octanol–water partition coefficient (Wildman–Crippen LogP) is 5.76. The average molecular weight is 426 g/mol. The van der Waals surface area contributed by atoms with Crippen LogP contribution < -0.4 is 10.1 Å². The Balaban J connectivity index is 1.80. The molecule has 31 heavy (non-hydrogen) atoms. The van der Waals surface area contributed by atoms with Crippen molar-refractivity contribution in [3.8, 4) is 11.7 Å². The highest BCUT2D eigenvalue weighted by atomic mass is 16.6. The minimum absolute atomic E-state index is 0.108. The number of rotatable bonds is 7. The first kappa shape index (κ1) is 22.5. The number of hydrogen-bond acceptors (Lipinski definition) is 5. The van der Waals surface area contributed by atoms with E-state index in [9.17, 15) is 4.79 Å². The van der Waals surface area contributed by atoms with E-state index in [0.717, 1.165) is 24.2 Å². The van der Waals surface area contributed by atoms with Crippen molar-refractivity contribution >= 4 is 5.91 Å². The zero-order valence-corrected chi connectivity index (χ0v) is 19.2. The number of fused-ring (bicyclic) bond motifs is 1. The van der Waals surface area contributed by atoms with Crippen LogP contribution in [0, 0.1) is 6.92 Å². The number of carbonyl (C=O) groups excluding carboxylic acids is 1. The van der Waals surface area contributed by atoms with Crippen LogP contribution in [0.2, 0.25) is 0 Å². The van der Waals surface area contributed by atoms with Gasteiger partial charge in [0.15, 0.2) is 5.76 Å². The molecule has 0 spiro atoms. The first-order chi connectivity index (χ1) is 14.7. The molecule has 166 valence electrons. The van der Waals surface area contributed by atoms with Crippen LogP contribution >= 0.6 is 0 Å². The van der Waals surface area contributed by atoms with Crippen molar-refractivity contribution in [1.82, 2.24) is 5.32 Å². The number of amides is 1. The maximum absolute atomic E-state index is 12.7. The van der Waals surface area contributed by atoms with Crippen molar-refractivity contribution in [2.45, 2.75) is 52.4 Å². The molecule has 1 heterocycles. The Kier molecular flexibility index (Phi) is 6.48. The summed E-state index contributed by atoms with van der Waals surface area (Å²) in [7, 11) is 2.98. The molecule has 0 atom stereocenters. The van der Waals surface area contributed by atoms with E-state index in [-0.39, 0.29) is 22.9 Å². The highest BCUT2D eigenvalue weighted by Crippen LogP contribution is 2.40. The van der Waals surface area contributed by atoms with Gasteiger partial charge in [0.25, 0.3) is 11.9 Å². The van der Waals surface area contributed by atoms with E-state index in [4.69, 9.17) is 18.6 Å². The highest BCUT2D eigenvalue weighted by molar-refractivity contribution is 5.93. The molecule has 1 N–H and O–H groups in total. The number of carbonyl (C=O) groups is 1. The molecule has 6 nitrogen and oxygen atoms in total. The SMILES string of the molecule is C=C(OC)/C(NC(=O)c1ccc(Oc2cc3c(cc2C)CCCC3(C)C)o1)=C(\C)OC. The lowest BCUT2D eigenvalue weighted by molar-refractivity contribution is 0.0927. The van der Waals surface area contributed by atoms with Crippen LogP contribution in [0.3, 0.4) is 0 Å². The van der Waals surface area contributed by atoms with Crippen molar-refractivity contribution in [2.24, 2.45) is 0 Å². The monoisotopic (exact) mass is 425 g/mol. The van der Waals surface area contributed by atoms with Gasteiger partial charge in [0.1, 0.15) is 23.0 Å². The Morgan fingerprint density at radius 2 is 1.94 bits per heavy atom. The fourth-order valence-electron chi connectivity index (χ4n) is 3.89. The molecule has 6 heteroatoms. The number of nitrogens with one attached hydrogen (secondary N) is 1. The zero-order chi connectivity index (χ0) is 22.8. The molecular formula is C25H31NO5. The summed E-state index contributed by atoms with van der Waals surface area (Å²) in [6.07, 6.45) is 3.44. The molecule has 0 saturated carbocycles. The lowest BCUT2D eigenvalue weighted by Crippen LogP contribution is -2.25. The second-order valence-electron chi connectivity index (χ2n) is 8.45. The second-order valence-corrected chi connectivity index (χ2v) is 8.45. The Morgan fingerprint density at radius 3 is 2.61 bits per heavy atom. The minimum Gasteiger partial charge on any atom is -0.499 e. The molecule has 1 aromatic heterocycles. The van der Waals surface area contributed by atoms with Crippen LogP contribution in [0.4, 0.5) is 0 Å². The smallest absolute Gasteiger partial charge is 0.291 e. The van der Waals surface area contributed by atoms with Gasteiger partial charge in [-0.2, -0.15) is 0 Å². The summed E-state index contributed by atoms with van der Waals surface area (Å²) in [5.74, 6) is 1.39. The van der Waals surface area contributed by atoms with Gasteiger partial charge < -0.3 is 23.9 Å². The summed E-state index contributed by atoms with van der Waals surface area (Å²) in [6, 6.07) is 7.51. The summed E-state index contributed by atoms with van der Waals surface area (Å²) < 4.78 is 22.0. The molecule has 0 fully saturated rings. The van der Waals surface area contributed by atoms with E-state index >= 15 is 0 Å². The quantitative estimate of drug-likeness (QED) is 0.451. The van der Waals surface area contributed by atoms with Gasteiger partial charge >= 0.3 is 0 Å². The van der Waals surface area contributed by atoms with Crippen LogP contribution in [0.25, 0.3) is 0 Å². The first-order valence-corrected chi connectivity index (χ1v) is 10.4. The van der Waals surface area contributed by atoms with E-state index in [1.807, 2.05) is 6.92 Å². The standard InChI is InChI=1S/C25H31NO5/c1-15-13-18-9-8-12-25(4,5)19(18)14-21(15)31-22-11-10-20(30-22)24(27)26-23(16(2)28-6)17(3)29-7/h10-11,13-14H,2,8-9,12H2,1,3-7H3,(H,26,27)/b23-17-. The fourth-order valence-corrected chi connectivity index (χ4v) is 3.89. The second kappa shape index (κ2) is 8.92. The van der Waals surface area contributed by atoms with E-state index in [0.29, 0.717) is 11.5 Å². The number of allylic oxidation sites excluding steroid dienone is 1. The van der Waals surface area contributed by atoms with Gasteiger partial charge in [-0.3, -0.25) is 4.79 Å². The molecule has 0 unspecified atom stereocenters. The minimum atomic E-state index is -0.456. The van der Waals surface area contributed by atoms with Crippen LogP contribution in [0.15, 0.2) is 52.5 Å². The van der Waals surface area contributed by atoms with Crippen molar-refractivity contribution in [1.29, 1.82) is 0 Å². The Morgan fingerprint density at radius 1 is 1.19 bits per heavy atom. The third-order valence-electron chi connectivity index (χ3n) is 5.82. The summed E-state index contributed by atoms with van der Waals surface area (Å²) in [5, 5.41) is 2.72. The zero-order valence-electron chi connectivity index (χ0n) is 19.2. The summed E-state index contributed by atoms with van der Waals surface area (Å²) in [4.78, 5) is 12.7. The third kappa shape index (κ3) is 4.79. The number of ether oxygens (including phenoxy) is 3. The van der Waals surface area contributed by atoms with Crippen molar-refractivity contribution in [3.63, 3.8) is 0 Å². The molecule has 1 aliphatic carbocycles. The maximum Gasteiger partial charge on any atom is 0.291 e. The lowest BCUT2D eigenvalue weighted by atomic mass is 9.72. The molecule has 0 aliphatic heterocycles. The molecule has 2 aromatic rings. The molecule has 0 radical (unpaired) electrons. The number of hydrogen-bond donors (Lipinski definition) is 1. The predicted molar refractivity (Wildman–Crippen MR) is 119 cm³/mol. The van der Waals surface area contributed by atoms with Crippen LogP contribution in [0.1, 0.15) is 60.9 Å². The number of furan rings is 1. The average Bonchev–Trinajstić information content (AvgIpc) is 3.20. The van der Waals surface area contributed by atoms with Crippen LogP contribution in [0.5, 0.6) is 11.7 Å². The fraction of sp³-hybridized carbons (Fsp3) is 0.400. The van der Waals surface area contributed by atoms with Crippen molar-refractivity contribution < 1.29 is 23.4 Å². The molecule has 3 rings (SSSR count). The largest absolute Gasteiger partial charge is 0.499 e. The summed E-state index contributed by atoms with van der Waals surface area (Å²) >= 11 is 0. The Labute approximate surface area is 183 Å². The molecule has 1 aliphatic rings. The molecule has 1 aromatic carbocycles. The molecule has 0 bridgehead atoms. The molecule has 1 amide bonds. The van der Waals surface area contributed by atoms with Crippen LogP contribution in [-0.2, 0) is 21.3 Å². The van der Waals surface area contributed by atoms with E-state index in [2.05, 4.69) is 37.9 Å². The number of aryl methyl sites for hydroxylation is 2. The van der Waals surface area contributed by atoms with E-state index in [1.165, 1.54) is 31.8 Å². The van der Waals surface area contributed by atoms with Gasteiger partial charge in [0.05, 0.1) is 14.2 Å². The van der Waals surface area contributed by atoms with Gasteiger partial charge in [-0.25, -0.2) is 0 Å². The van der Waals surface area contributed by atoms with Crippen molar-refractivity contribution in [3.05, 3.63) is 70.5 Å². The Bertz CT molecular complexity index is 1030. The van der Waals surface area contributed by atoms with E-state index in [1.54, 1.807) is 19.1 Å². The van der Waals surface area contributed by atoms with E-state index < -0.39 is 5.91 Å². The van der Waals surface area contributed by atoms with Gasteiger partial charge in [-0.1, -0.05) is 26.5 Å². The summed E-state index contributed by atoms with van der Waals surface area (Å²) in [6.45, 7) is 12.0. The van der Waals surface area contributed by atoms with Gasteiger partial charge in [0.2, 0.25) is 0 Å². The van der Waals surface area contributed by atoms with Crippen molar-refractivity contribution in [2.75, 3.05) is 14.2 Å². The highest BCUT2D eigenvalue weighted by Gasteiger charge is 2.28. The van der Waals surface area contributed by atoms with Gasteiger partial charge in [-0.05, 0) is 67.3 Å².